The minimum atomic E-state index is -1.25. The summed E-state index contributed by atoms with van der Waals surface area (Å²) in [6.45, 7) is 0.333. The van der Waals surface area contributed by atoms with E-state index in [0.29, 0.717) is 18.6 Å². The van der Waals surface area contributed by atoms with E-state index in [9.17, 15) is 14.7 Å². The Hall–Kier alpha value is -3.42. The van der Waals surface area contributed by atoms with Gasteiger partial charge in [-0.05, 0) is 36.2 Å². The summed E-state index contributed by atoms with van der Waals surface area (Å²) in [6, 6.07) is 17.1. The van der Waals surface area contributed by atoms with Gasteiger partial charge in [-0.1, -0.05) is 54.6 Å². The average Bonchev–Trinajstić information content (AvgIpc) is 3.21. The minimum absolute atomic E-state index is 0.333. The predicted molar refractivity (Wildman–Crippen MR) is 117 cm³/mol. The highest BCUT2D eigenvalue weighted by Gasteiger charge is 2.50. The van der Waals surface area contributed by atoms with Crippen LogP contribution in [0.4, 0.5) is 11.4 Å². The molecule has 1 saturated heterocycles. The van der Waals surface area contributed by atoms with Gasteiger partial charge in [0, 0.05) is 17.3 Å². The normalized spacial score (nSPS) is 29.6. The third-order valence-electron chi connectivity index (χ3n) is 6.18. The maximum absolute atomic E-state index is 12.5. The van der Waals surface area contributed by atoms with Crippen LogP contribution in [0.1, 0.15) is 12.0 Å². The molecule has 160 valence electrons. The smallest absolute Gasteiger partial charge is 0.235 e. The lowest BCUT2D eigenvalue weighted by molar-refractivity contribution is -0.135. The van der Waals surface area contributed by atoms with Crippen molar-refractivity contribution in [2.45, 2.75) is 18.1 Å². The van der Waals surface area contributed by atoms with E-state index in [-0.39, 0.29) is 0 Å². The minimum Gasteiger partial charge on any atom is -0.369 e. The predicted octanol–water partition coefficient (Wildman–Crippen LogP) is 2.11. The number of carbonyl (C=O) groups is 2. The van der Waals surface area contributed by atoms with Gasteiger partial charge < -0.3 is 26.6 Å². The molecular formula is C24H25N3O4. The number of benzene rings is 2. The number of aliphatic hydroxyl groups is 1. The standard InChI is InChI=1S/C24H25N3O4/c25-21(29)23(16-6-8-18(9-7-16)27-17-4-2-1-3-5-17)11-13-24(14-12-23,22(26)30)19-10-15-31-20(19)28/h1-9,11-14,19-20,27-28H,10,15H2,(H2,25,29)(H2,26,30). The van der Waals surface area contributed by atoms with Crippen molar-refractivity contribution in [2.24, 2.45) is 22.8 Å². The number of ether oxygens (including phenoxy) is 1. The summed E-state index contributed by atoms with van der Waals surface area (Å²) in [5.74, 6) is -1.72. The number of hydrogen-bond donors (Lipinski definition) is 4. The van der Waals surface area contributed by atoms with Crippen LogP contribution < -0.4 is 16.8 Å². The molecule has 7 heteroatoms. The fraction of sp³-hybridized carbons (Fsp3) is 0.250. The largest absolute Gasteiger partial charge is 0.369 e. The third-order valence-corrected chi connectivity index (χ3v) is 6.18. The summed E-state index contributed by atoms with van der Waals surface area (Å²) in [7, 11) is 0. The fourth-order valence-corrected chi connectivity index (χ4v) is 4.31. The highest BCUT2D eigenvalue weighted by molar-refractivity contribution is 5.94. The molecule has 0 saturated carbocycles. The molecule has 2 amide bonds. The first-order valence-corrected chi connectivity index (χ1v) is 10.1. The Labute approximate surface area is 180 Å². The maximum Gasteiger partial charge on any atom is 0.235 e. The van der Waals surface area contributed by atoms with Crippen molar-refractivity contribution < 1.29 is 19.4 Å². The van der Waals surface area contributed by atoms with E-state index in [2.05, 4.69) is 5.32 Å². The zero-order valence-electron chi connectivity index (χ0n) is 16.9. The Bertz CT molecular complexity index is 1020. The summed E-state index contributed by atoms with van der Waals surface area (Å²) in [5, 5.41) is 13.5. The Morgan fingerprint density at radius 2 is 1.52 bits per heavy atom. The van der Waals surface area contributed by atoms with E-state index < -0.39 is 34.9 Å². The van der Waals surface area contributed by atoms with E-state index in [1.165, 1.54) is 0 Å². The lowest BCUT2D eigenvalue weighted by Crippen LogP contribution is -2.48. The van der Waals surface area contributed by atoms with Crippen LogP contribution in [0.15, 0.2) is 78.9 Å². The van der Waals surface area contributed by atoms with Gasteiger partial charge in [-0.15, -0.1) is 0 Å². The van der Waals surface area contributed by atoms with Crippen molar-refractivity contribution in [2.75, 3.05) is 11.9 Å². The second-order valence-electron chi connectivity index (χ2n) is 7.92. The fourth-order valence-electron chi connectivity index (χ4n) is 4.31. The first kappa shape index (κ1) is 20.8. The SMILES string of the molecule is NC(=O)C1(c2ccc(Nc3ccccc3)cc2)C=CC(C(N)=O)(C2CCOC2O)C=C1. The number of nitrogens with one attached hydrogen (secondary N) is 1. The second-order valence-corrected chi connectivity index (χ2v) is 7.92. The first-order valence-electron chi connectivity index (χ1n) is 10.1. The molecule has 6 N–H and O–H groups in total. The lowest BCUT2D eigenvalue weighted by atomic mass is 9.65. The molecule has 0 bridgehead atoms. The summed E-state index contributed by atoms with van der Waals surface area (Å²) < 4.78 is 5.22. The van der Waals surface area contributed by atoms with Crippen LogP contribution in [0.3, 0.4) is 0 Å². The maximum atomic E-state index is 12.5. The van der Waals surface area contributed by atoms with Crippen molar-refractivity contribution in [3.8, 4) is 0 Å². The van der Waals surface area contributed by atoms with Gasteiger partial charge in [0.25, 0.3) is 0 Å². The van der Waals surface area contributed by atoms with E-state index in [4.69, 9.17) is 16.2 Å². The van der Waals surface area contributed by atoms with Crippen LogP contribution in [0.25, 0.3) is 0 Å². The highest BCUT2D eigenvalue weighted by atomic mass is 16.6. The van der Waals surface area contributed by atoms with Gasteiger partial charge in [-0.3, -0.25) is 9.59 Å². The van der Waals surface area contributed by atoms with Crippen molar-refractivity contribution >= 4 is 23.2 Å². The molecule has 4 rings (SSSR count). The van der Waals surface area contributed by atoms with Crippen molar-refractivity contribution in [3.05, 3.63) is 84.5 Å². The van der Waals surface area contributed by atoms with Gasteiger partial charge >= 0.3 is 0 Å². The van der Waals surface area contributed by atoms with Crippen LogP contribution in [0, 0.1) is 11.3 Å². The van der Waals surface area contributed by atoms with Crippen LogP contribution >= 0.6 is 0 Å². The van der Waals surface area contributed by atoms with Crippen LogP contribution in [-0.4, -0.2) is 29.8 Å². The molecule has 1 heterocycles. The number of aliphatic hydroxyl groups excluding tert-OH is 1. The molecule has 1 aliphatic carbocycles. The Morgan fingerprint density at radius 1 is 0.903 bits per heavy atom. The molecule has 0 spiro atoms. The van der Waals surface area contributed by atoms with Gasteiger partial charge in [-0.2, -0.15) is 0 Å². The number of anilines is 2. The monoisotopic (exact) mass is 419 g/mol. The Kier molecular flexibility index (Phi) is 5.39. The average molecular weight is 419 g/mol. The zero-order valence-corrected chi connectivity index (χ0v) is 16.9. The van der Waals surface area contributed by atoms with E-state index in [1.54, 1.807) is 24.3 Å². The molecule has 2 aliphatic rings. The van der Waals surface area contributed by atoms with Gasteiger partial charge in [0.05, 0.1) is 12.0 Å². The van der Waals surface area contributed by atoms with Crippen LogP contribution in [0.5, 0.6) is 0 Å². The lowest BCUT2D eigenvalue weighted by Gasteiger charge is -2.37. The molecular weight excluding hydrogens is 394 g/mol. The van der Waals surface area contributed by atoms with E-state index in [0.717, 1.165) is 11.4 Å². The van der Waals surface area contributed by atoms with Gasteiger partial charge in [0.1, 0.15) is 5.41 Å². The number of para-hydroxylation sites is 1. The van der Waals surface area contributed by atoms with E-state index >= 15 is 0 Å². The molecule has 0 radical (unpaired) electrons. The first-order chi connectivity index (χ1) is 14.9. The van der Waals surface area contributed by atoms with Gasteiger partial charge in [-0.25, -0.2) is 0 Å². The third kappa shape index (κ3) is 3.62. The molecule has 1 aliphatic heterocycles. The number of primary amides is 2. The summed E-state index contributed by atoms with van der Waals surface area (Å²) in [5.41, 5.74) is 11.5. The number of amides is 2. The van der Waals surface area contributed by atoms with Crippen LogP contribution in [0.2, 0.25) is 0 Å². The van der Waals surface area contributed by atoms with Crippen molar-refractivity contribution in [1.29, 1.82) is 0 Å². The highest BCUT2D eigenvalue weighted by Crippen LogP contribution is 2.45. The molecule has 31 heavy (non-hydrogen) atoms. The van der Waals surface area contributed by atoms with Crippen molar-refractivity contribution in [1.82, 2.24) is 0 Å². The van der Waals surface area contributed by atoms with Crippen molar-refractivity contribution in [3.63, 3.8) is 0 Å². The van der Waals surface area contributed by atoms with E-state index in [1.807, 2.05) is 54.6 Å². The summed E-state index contributed by atoms with van der Waals surface area (Å²) in [6.07, 6.45) is 5.74. The molecule has 2 aromatic carbocycles. The zero-order chi connectivity index (χ0) is 22.1. The molecule has 7 nitrogen and oxygen atoms in total. The van der Waals surface area contributed by atoms with Crippen LogP contribution in [-0.2, 0) is 19.7 Å². The molecule has 1 fully saturated rings. The molecule has 2 aromatic rings. The van der Waals surface area contributed by atoms with Gasteiger partial charge in [0.2, 0.25) is 11.8 Å². The Morgan fingerprint density at radius 3 is 2.03 bits per heavy atom. The molecule has 2 unspecified atom stereocenters. The number of nitrogens with two attached hydrogens (primary N) is 2. The molecule has 2 atom stereocenters. The quantitative estimate of drug-likeness (QED) is 0.533. The molecule has 0 aromatic heterocycles. The van der Waals surface area contributed by atoms with Gasteiger partial charge in [0.15, 0.2) is 6.29 Å². The number of carbonyl (C=O) groups excluding carboxylic acids is 2. The number of rotatable bonds is 6. The second kappa shape index (κ2) is 8.02. The summed E-state index contributed by atoms with van der Waals surface area (Å²) in [4.78, 5) is 24.9. The number of hydrogen-bond acceptors (Lipinski definition) is 5. The summed E-state index contributed by atoms with van der Waals surface area (Å²) >= 11 is 0. The topological polar surface area (TPSA) is 128 Å². The Balaban J connectivity index is 1.65.